The third kappa shape index (κ3) is 4.21. The maximum Gasteiger partial charge on any atom is 0.269 e. The Morgan fingerprint density at radius 3 is 1.30 bits per heavy atom. The molecule has 162 valence electrons. The van der Waals surface area contributed by atoms with Gasteiger partial charge in [-0.1, -0.05) is 109 Å². The maximum atomic E-state index is 13.4. The quantitative estimate of drug-likeness (QED) is 0.523. The van der Waals surface area contributed by atoms with Gasteiger partial charge in [-0.25, -0.2) is 0 Å². The van der Waals surface area contributed by atoms with Crippen LogP contribution in [-0.2, 0) is 0 Å². The largest absolute Gasteiger partial charge is 0.345 e. The lowest BCUT2D eigenvalue weighted by Crippen LogP contribution is -2.33. The van der Waals surface area contributed by atoms with Gasteiger partial charge in [0.25, 0.3) is 11.8 Å². The van der Waals surface area contributed by atoms with E-state index in [0.29, 0.717) is 22.5 Å². The fourth-order valence-electron chi connectivity index (χ4n) is 4.13. The lowest BCUT2D eigenvalue weighted by molar-refractivity contribution is 0.0945. The second kappa shape index (κ2) is 9.01. The molecule has 0 fully saturated rings. The summed E-state index contributed by atoms with van der Waals surface area (Å²) in [5.74, 6) is -0.543. The number of hydrogen-bond donors (Lipinski definition) is 3. The number of carbonyl (C=O) groups is 2. The van der Waals surface area contributed by atoms with E-state index < -0.39 is 0 Å². The highest BCUT2D eigenvalue weighted by Gasteiger charge is 2.28. The molecule has 0 saturated heterocycles. The molecule has 5 rings (SSSR count). The van der Waals surface area contributed by atoms with Gasteiger partial charge in [-0.2, -0.15) is 0 Å². The van der Waals surface area contributed by atoms with Crippen LogP contribution in [0.4, 0.5) is 0 Å². The van der Waals surface area contributed by atoms with E-state index in [0.717, 1.165) is 11.1 Å². The van der Waals surface area contributed by atoms with E-state index in [1.807, 2.05) is 109 Å². The molecule has 1 aromatic heterocycles. The summed E-state index contributed by atoms with van der Waals surface area (Å²) in [7, 11) is 0. The van der Waals surface area contributed by atoms with E-state index in [1.165, 1.54) is 0 Å². The summed E-state index contributed by atoms with van der Waals surface area (Å²) in [5.41, 5.74) is 3.83. The third-order valence-corrected chi connectivity index (χ3v) is 5.67. The lowest BCUT2D eigenvalue weighted by atomic mass is 9.94. The molecule has 0 spiro atoms. The molecule has 1 heterocycles. The van der Waals surface area contributed by atoms with Crippen LogP contribution in [0, 0.1) is 0 Å². The number of rotatable bonds is 6. The van der Waals surface area contributed by atoms with Crippen molar-refractivity contribution < 1.29 is 9.59 Å². The number of aromatic nitrogens is 1. The van der Waals surface area contributed by atoms with Crippen LogP contribution in [0.3, 0.4) is 0 Å². The molecule has 2 aliphatic carbocycles. The molecule has 2 aromatic carbocycles. The fourth-order valence-corrected chi connectivity index (χ4v) is 4.13. The Morgan fingerprint density at radius 2 is 0.939 bits per heavy atom. The van der Waals surface area contributed by atoms with Crippen molar-refractivity contribution in [2.45, 2.75) is 12.1 Å². The van der Waals surface area contributed by atoms with Crippen molar-refractivity contribution in [3.8, 4) is 22.3 Å². The summed E-state index contributed by atoms with van der Waals surface area (Å²) in [4.78, 5) is 30.0. The number of nitrogens with one attached hydrogen (secondary N) is 3. The SMILES string of the molecule is O=C(NC1C=CC=C1)c1[nH]c(C(=O)NC2C=CC=C2)c(-c2ccccc2)c1-c1ccccc1. The highest BCUT2D eigenvalue weighted by Crippen LogP contribution is 2.38. The zero-order valence-electron chi connectivity index (χ0n) is 17.9. The van der Waals surface area contributed by atoms with Crippen molar-refractivity contribution in [3.63, 3.8) is 0 Å². The van der Waals surface area contributed by atoms with Crippen LogP contribution in [-0.4, -0.2) is 28.9 Å². The standard InChI is InChI=1S/C28H23N3O2/c32-27(29-21-15-7-8-16-21)25-23(19-11-3-1-4-12-19)24(20-13-5-2-6-14-20)26(31-25)28(33)30-22-17-9-10-18-22/h1-18,21-22,31H,(H,29,32)(H,30,33). The predicted octanol–water partition coefficient (Wildman–Crippen LogP) is 4.80. The van der Waals surface area contributed by atoms with E-state index in [1.54, 1.807) is 0 Å². The van der Waals surface area contributed by atoms with E-state index in [9.17, 15) is 9.59 Å². The van der Waals surface area contributed by atoms with Gasteiger partial charge >= 0.3 is 0 Å². The van der Waals surface area contributed by atoms with Crippen LogP contribution in [0.25, 0.3) is 22.3 Å². The minimum absolute atomic E-state index is 0.185. The van der Waals surface area contributed by atoms with Crippen LogP contribution < -0.4 is 10.6 Å². The van der Waals surface area contributed by atoms with Crippen molar-refractivity contribution in [1.29, 1.82) is 0 Å². The summed E-state index contributed by atoms with van der Waals surface area (Å²) in [6.07, 6.45) is 15.2. The van der Waals surface area contributed by atoms with Gasteiger partial charge in [-0.15, -0.1) is 0 Å². The summed E-state index contributed by atoms with van der Waals surface area (Å²) in [5, 5.41) is 6.02. The number of H-pyrrole nitrogens is 1. The molecule has 3 N–H and O–H groups in total. The van der Waals surface area contributed by atoms with Gasteiger partial charge in [0, 0.05) is 11.1 Å². The number of amides is 2. The lowest BCUT2D eigenvalue weighted by Gasteiger charge is -2.12. The molecule has 0 saturated carbocycles. The Hall–Kier alpha value is -4.38. The van der Waals surface area contributed by atoms with Crippen LogP contribution in [0.2, 0.25) is 0 Å². The van der Waals surface area contributed by atoms with Crippen LogP contribution >= 0.6 is 0 Å². The third-order valence-electron chi connectivity index (χ3n) is 5.67. The average Bonchev–Trinajstić information content (AvgIpc) is 3.61. The van der Waals surface area contributed by atoms with Crippen LogP contribution in [0.15, 0.2) is 109 Å². The molecule has 0 bridgehead atoms. The Kier molecular flexibility index (Phi) is 5.60. The Bertz CT molecular complexity index is 1170. The number of hydrogen-bond acceptors (Lipinski definition) is 2. The van der Waals surface area contributed by atoms with Gasteiger partial charge in [0.1, 0.15) is 11.4 Å². The average molecular weight is 434 g/mol. The number of benzene rings is 2. The highest BCUT2D eigenvalue weighted by atomic mass is 16.2. The number of carbonyl (C=O) groups excluding carboxylic acids is 2. The molecule has 0 radical (unpaired) electrons. The summed E-state index contributed by atoms with van der Waals surface area (Å²) in [6.45, 7) is 0. The second-order valence-electron chi connectivity index (χ2n) is 7.90. The normalized spacial score (nSPS) is 14.8. The molecule has 5 heteroatoms. The first-order chi connectivity index (χ1) is 16.2. The molecule has 5 nitrogen and oxygen atoms in total. The summed E-state index contributed by atoms with van der Waals surface area (Å²) in [6, 6.07) is 19.0. The molecule has 0 aliphatic heterocycles. The number of allylic oxidation sites excluding steroid dienone is 4. The van der Waals surface area contributed by atoms with E-state index in [4.69, 9.17) is 0 Å². The van der Waals surface area contributed by atoms with Gasteiger partial charge in [-0.3, -0.25) is 9.59 Å². The minimum Gasteiger partial charge on any atom is -0.345 e. The molecular weight excluding hydrogens is 410 g/mol. The van der Waals surface area contributed by atoms with Gasteiger partial charge in [-0.05, 0) is 11.1 Å². The Balaban J connectivity index is 1.67. The van der Waals surface area contributed by atoms with Crippen molar-refractivity contribution >= 4 is 11.8 Å². The van der Waals surface area contributed by atoms with E-state index in [-0.39, 0.29) is 23.9 Å². The minimum atomic E-state index is -0.271. The summed E-state index contributed by atoms with van der Waals surface area (Å²) >= 11 is 0. The van der Waals surface area contributed by atoms with E-state index in [2.05, 4.69) is 15.6 Å². The van der Waals surface area contributed by atoms with Crippen molar-refractivity contribution in [1.82, 2.24) is 15.6 Å². The van der Waals surface area contributed by atoms with Crippen LogP contribution in [0.5, 0.6) is 0 Å². The molecule has 0 unspecified atom stereocenters. The predicted molar refractivity (Wildman–Crippen MR) is 131 cm³/mol. The van der Waals surface area contributed by atoms with Crippen molar-refractivity contribution in [3.05, 3.63) is 121 Å². The molecule has 2 aliphatic rings. The van der Waals surface area contributed by atoms with Crippen LogP contribution in [0.1, 0.15) is 21.0 Å². The van der Waals surface area contributed by atoms with Gasteiger partial charge in [0.2, 0.25) is 0 Å². The molecular formula is C28H23N3O2. The zero-order valence-corrected chi connectivity index (χ0v) is 17.9. The first-order valence-corrected chi connectivity index (χ1v) is 10.9. The molecule has 3 aromatic rings. The Morgan fingerprint density at radius 1 is 0.576 bits per heavy atom. The van der Waals surface area contributed by atoms with E-state index >= 15 is 0 Å². The summed E-state index contributed by atoms with van der Waals surface area (Å²) < 4.78 is 0. The molecule has 33 heavy (non-hydrogen) atoms. The molecule has 2 amide bonds. The zero-order chi connectivity index (χ0) is 22.6. The van der Waals surface area contributed by atoms with Gasteiger partial charge < -0.3 is 15.6 Å². The second-order valence-corrected chi connectivity index (χ2v) is 7.90. The fraction of sp³-hybridized carbons (Fsp3) is 0.0714. The topological polar surface area (TPSA) is 74.0 Å². The highest BCUT2D eigenvalue weighted by molar-refractivity contribution is 6.11. The molecule has 0 atom stereocenters. The van der Waals surface area contributed by atoms with Crippen molar-refractivity contribution in [2.24, 2.45) is 0 Å². The maximum absolute atomic E-state index is 13.4. The van der Waals surface area contributed by atoms with Gasteiger partial charge in [0.05, 0.1) is 12.1 Å². The van der Waals surface area contributed by atoms with Crippen molar-refractivity contribution in [2.75, 3.05) is 0 Å². The first-order valence-electron chi connectivity index (χ1n) is 10.9. The Labute approximate surface area is 192 Å². The first kappa shape index (κ1) is 20.5. The smallest absolute Gasteiger partial charge is 0.269 e. The van der Waals surface area contributed by atoms with Gasteiger partial charge in [0.15, 0.2) is 0 Å². The number of aromatic amines is 1. The monoisotopic (exact) mass is 433 g/mol.